The lowest BCUT2D eigenvalue weighted by molar-refractivity contribution is 0.1000. The molecular weight excluding hydrogens is 324 g/mol. The molecule has 0 aliphatic heterocycles. The molecule has 0 saturated heterocycles. The molecule has 24 heavy (non-hydrogen) atoms. The Morgan fingerprint density at radius 3 is 2.54 bits per heavy atom. The molecule has 5 nitrogen and oxygen atoms in total. The number of hydrogen-bond acceptors (Lipinski definition) is 4. The first-order valence-electron chi connectivity index (χ1n) is 8.27. The van der Waals surface area contributed by atoms with Crippen molar-refractivity contribution in [3.05, 3.63) is 39.7 Å². The van der Waals surface area contributed by atoms with E-state index in [0.29, 0.717) is 33.6 Å². The molecule has 2 heterocycles. The summed E-state index contributed by atoms with van der Waals surface area (Å²) in [5.74, 6) is 0.855. The monoisotopic (exact) mass is 346 g/mol. The van der Waals surface area contributed by atoms with Crippen LogP contribution < -0.4 is 11.1 Å². The van der Waals surface area contributed by atoms with Gasteiger partial charge < -0.3 is 15.5 Å². The maximum Gasteiger partial charge on any atom is 0.259 e. The molecule has 3 rings (SSSR count). The van der Waals surface area contributed by atoms with Gasteiger partial charge in [-0.15, -0.1) is 11.3 Å². The van der Waals surface area contributed by atoms with E-state index in [1.165, 1.54) is 30.6 Å². The van der Waals surface area contributed by atoms with Gasteiger partial charge in [-0.25, -0.2) is 0 Å². The van der Waals surface area contributed by atoms with Crippen LogP contribution in [0.1, 0.15) is 75.8 Å². The van der Waals surface area contributed by atoms with E-state index in [1.807, 2.05) is 5.38 Å². The van der Waals surface area contributed by atoms with E-state index in [-0.39, 0.29) is 5.91 Å². The summed E-state index contributed by atoms with van der Waals surface area (Å²) in [6.45, 7) is 3.55. The van der Waals surface area contributed by atoms with Gasteiger partial charge in [-0.3, -0.25) is 9.59 Å². The van der Waals surface area contributed by atoms with E-state index >= 15 is 0 Å². The molecule has 6 heteroatoms. The Bertz CT molecular complexity index is 769. The summed E-state index contributed by atoms with van der Waals surface area (Å²) in [4.78, 5) is 24.5. The maximum atomic E-state index is 12.5. The van der Waals surface area contributed by atoms with E-state index in [1.54, 1.807) is 19.9 Å². The normalized spacial score (nSPS) is 15.4. The molecule has 0 bridgehead atoms. The Kier molecular flexibility index (Phi) is 4.76. The minimum Gasteiger partial charge on any atom is -0.466 e. The number of furan rings is 1. The number of hydrogen-bond donors (Lipinski definition) is 2. The van der Waals surface area contributed by atoms with Crippen molar-refractivity contribution in [2.75, 3.05) is 5.32 Å². The molecule has 3 N–H and O–H groups in total. The molecular formula is C18H22N2O3S. The van der Waals surface area contributed by atoms with Crippen molar-refractivity contribution in [3.63, 3.8) is 0 Å². The Morgan fingerprint density at radius 2 is 1.96 bits per heavy atom. The summed E-state index contributed by atoms with van der Waals surface area (Å²) in [5, 5.41) is 5.35. The van der Waals surface area contributed by atoms with Crippen molar-refractivity contribution >= 4 is 28.2 Å². The number of nitrogens with two attached hydrogens (primary N) is 1. The van der Waals surface area contributed by atoms with Crippen LogP contribution in [0, 0.1) is 13.8 Å². The number of nitrogens with one attached hydrogen (secondary N) is 1. The zero-order valence-corrected chi connectivity index (χ0v) is 14.8. The molecule has 1 aliphatic rings. The fourth-order valence-corrected chi connectivity index (χ4v) is 4.50. The van der Waals surface area contributed by atoms with Crippen LogP contribution >= 0.6 is 11.3 Å². The highest BCUT2D eigenvalue weighted by Crippen LogP contribution is 2.40. The summed E-state index contributed by atoms with van der Waals surface area (Å²) < 4.78 is 5.40. The summed E-state index contributed by atoms with van der Waals surface area (Å²) in [5.41, 5.74) is 7.55. The molecule has 2 aromatic heterocycles. The first-order valence-corrected chi connectivity index (χ1v) is 9.15. The summed E-state index contributed by atoms with van der Waals surface area (Å²) in [7, 11) is 0. The number of thiophene rings is 1. The lowest BCUT2D eigenvalue weighted by Gasteiger charge is -2.21. The third-order valence-corrected chi connectivity index (χ3v) is 5.54. The van der Waals surface area contributed by atoms with Gasteiger partial charge >= 0.3 is 0 Å². The maximum absolute atomic E-state index is 12.5. The third-order valence-electron chi connectivity index (χ3n) is 4.62. The van der Waals surface area contributed by atoms with Gasteiger partial charge in [-0.2, -0.15) is 0 Å². The van der Waals surface area contributed by atoms with Crippen LogP contribution in [0.5, 0.6) is 0 Å². The van der Waals surface area contributed by atoms with Gasteiger partial charge in [0.1, 0.15) is 16.5 Å². The van der Waals surface area contributed by atoms with Crippen LogP contribution in [0.2, 0.25) is 0 Å². The van der Waals surface area contributed by atoms with Gasteiger partial charge in [0.25, 0.3) is 11.8 Å². The number of amides is 2. The zero-order valence-electron chi connectivity index (χ0n) is 14.0. The number of carbonyl (C=O) groups is 2. The Labute approximate surface area is 145 Å². The van der Waals surface area contributed by atoms with Gasteiger partial charge in [-0.1, -0.05) is 19.3 Å². The highest BCUT2D eigenvalue weighted by atomic mass is 32.1. The minimum absolute atomic E-state index is 0.274. The van der Waals surface area contributed by atoms with Crippen molar-refractivity contribution in [1.29, 1.82) is 0 Å². The zero-order chi connectivity index (χ0) is 17.3. The fourth-order valence-electron chi connectivity index (χ4n) is 3.46. The standard InChI is InChI=1S/C18H22N2O3S/c1-10-8-13(11(2)23-10)17(22)20-18-15(16(19)21)14(9-24-18)12-6-4-3-5-7-12/h8-9,12H,3-7H2,1-2H3,(H2,19,21)(H,20,22). The van der Waals surface area contributed by atoms with Crippen molar-refractivity contribution < 1.29 is 14.0 Å². The van der Waals surface area contributed by atoms with Crippen molar-refractivity contribution in [2.24, 2.45) is 5.73 Å². The van der Waals surface area contributed by atoms with Gasteiger partial charge in [-0.05, 0) is 49.6 Å². The second-order valence-electron chi connectivity index (χ2n) is 6.38. The molecule has 0 atom stereocenters. The first-order chi connectivity index (χ1) is 11.5. The Balaban J connectivity index is 1.88. The van der Waals surface area contributed by atoms with Gasteiger partial charge in [0.05, 0.1) is 11.1 Å². The van der Waals surface area contributed by atoms with Crippen molar-refractivity contribution in [2.45, 2.75) is 51.9 Å². The van der Waals surface area contributed by atoms with Crippen LogP contribution in [0.3, 0.4) is 0 Å². The predicted molar refractivity (Wildman–Crippen MR) is 94.8 cm³/mol. The highest BCUT2D eigenvalue weighted by molar-refractivity contribution is 7.15. The van der Waals surface area contributed by atoms with Crippen LogP contribution in [0.4, 0.5) is 5.00 Å². The van der Waals surface area contributed by atoms with Crippen LogP contribution in [0.15, 0.2) is 15.9 Å². The molecule has 0 spiro atoms. The quantitative estimate of drug-likeness (QED) is 0.862. The second kappa shape index (κ2) is 6.81. The third kappa shape index (κ3) is 3.24. The molecule has 2 aromatic rings. The van der Waals surface area contributed by atoms with Crippen LogP contribution in [-0.4, -0.2) is 11.8 Å². The van der Waals surface area contributed by atoms with E-state index in [9.17, 15) is 9.59 Å². The Morgan fingerprint density at radius 1 is 1.25 bits per heavy atom. The summed E-state index contributed by atoms with van der Waals surface area (Å²) in [6, 6.07) is 1.70. The molecule has 1 aliphatic carbocycles. The molecule has 0 aromatic carbocycles. The Hall–Kier alpha value is -2.08. The SMILES string of the molecule is Cc1cc(C(=O)Nc2scc(C3CCCCC3)c2C(N)=O)c(C)o1. The molecule has 0 unspecified atom stereocenters. The highest BCUT2D eigenvalue weighted by Gasteiger charge is 2.26. The number of aryl methyl sites for hydroxylation is 2. The van der Waals surface area contributed by atoms with Gasteiger partial charge in [0.2, 0.25) is 0 Å². The van der Waals surface area contributed by atoms with Crippen LogP contribution in [-0.2, 0) is 0 Å². The van der Waals surface area contributed by atoms with Gasteiger partial charge in [0.15, 0.2) is 0 Å². The molecule has 1 fully saturated rings. The number of carbonyl (C=O) groups excluding carboxylic acids is 2. The second-order valence-corrected chi connectivity index (χ2v) is 7.26. The number of rotatable bonds is 4. The summed E-state index contributed by atoms with van der Waals surface area (Å²) >= 11 is 1.37. The molecule has 0 radical (unpaired) electrons. The number of primary amides is 1. The lowest BCUT2D eigenvalue weighted by atomic mass is 9.83. The topological polar surface area (TPSA) is 85.3 Å². The summed E-state index contributed by atoms with van der Waals surface area (Å²) in [6.07, 6.45) is 5.74. The van der Waals surface area contributed by atoms with E-state index in [2.05, 4.69) is 5.32 Å². The van der Waals surface area contributed by atoms with Crippen LogP contribution in [0.25, 0.3) is 0 Å². The van der Waals surface area contributed by atoms with Gasteiger partial charge in [0, 0.05) is 0 Å². The number of anilines is 1. The van der Waals surface area contributed by atoms with Crippen molar-refractivity contribution in [1.82, 2.24) is 0 Å². The first kappa shape index (κ1) is 16.8. The molecule has 2 amide bonds. The smallest absolute Gasteiger partial charge is 0.259 e. The fraction of sp³-hybridized carbons (Fsp3) is 0.444. The average Bonchev–Trinajstić information content (AvgIpc) is 3.11. The molecule has 128 valence electrons. The minimum atomic E-state index is -0.479. The van der Waals surface area contributed by atoms with E-state index in [4.69, 9.17) is 10.2 Å². The lowest BCUT2D eigenvalue weighted by Crippen LogP contribution is -2.19. The van der Waals surface area contributed by atoms with E-state index in [0.717, 1.165) is 18.4 Å². The average molecular weight is 346 g/mol. The molecule has 1 saturated carbocycles. The van der Waals surface area contributed by atoms with Crippen molar-refractivity contribution in [3.8, 4) is 0 Å². The largest absolute Gasteiger partial charge is 0.466 e. The van der Waals surface area contributed by atoms with E-state index < -0.39 is 5.91 Å². The predicted octanol–water partition coefficient (Wildman–Crippen LogP) is 4.36.